The van der Waals surface area contributed by atoms with E-state index in [0.29, 0.717) is 24.7 Å². The Morgan fingerprint density at radius 1 is 1.57 bits per heavy atom. The average molecular weight is 196 g/mol. The van der Waals surface area contributed by atoms with Gasteiger partial charge in [-0.2, -0.15) is 4.98 Å². The maximum Gasteiger partial charge on any atom is 0.228 e. The summed E-state index contributed by atoms with van der Waals surface area (Å²) in [6.45, 7) is 6.67. The van der Waals surface area contributed by atoms with Crippen molar-refractivity contribution in [3.05, 3.63) is 12.2 Å². The Morgan fingerprint density at radius 2 is 2.29 bits per heavy atom. The van der Waals surface area contributed by atoms with Crippen LogP contribution in [0.3, 0.4) is 0 Å². The van der Waals surface area contributed by atoms with Gasteiger partial charge in [-0.05, 0) is 0 Å². The Kier molecular flexibility index (Phi) is 3.22. The fourth-order valence-electron chi connectivity index (χ4n) is 0.815. The van der Waals surface area contributed by atoms with Crippen LogP contribution < -0.4 is 5.73 Å². The number of nitrogens with two attached hydrogens (primary N) is 1. The molecule has 0 atom stereocenters. The zero-order valence-corrected chi connectivity index (χ0v) is 8.82. The molecule has 5 heteroatoms. The van der Waals surface area contributed by atoms with Gasteiger partial charge in [-0.3, -0.25) is 4.99 Å². The predicted octanol–water partition coefficient (Wildman–Crippen LogP) is 1.02. The summed E-state index contributed by atoms with van der Waals surface area (Å²) in [5.74, 6) is 1.24. The Balaban J connectivity index is 2.41. The highest BCUT2D eigenvalue weighted by Gasteiger charge is 2.14. The van der Waals surface area contributed by atoms with Gasteiger partial charge in [-0.1, -0.05) is 25.9 Å². The molecular weight excluding hydrogens is 180 g/mol. The molecule has 1 aromatic heterocycles. The molecule has 1 aromatic rings. The predicted molar refractivity (Wildman–Crippen MR) is 53.9 cm³/mol. The van der Waals surface area contributed by atoms with Gasteiger partial charge in [0.2, 0.25) is 5.89 Å². The fourth-order valence-corrected chi connectivity index (χ4v) is 0.815. The summed E-state index contributed by atoms with van der Waals surface area (Å²) in [5, 5.41) is 3.50. The second-order valence-electron chi connectivity index (χ2n) is 4.10. The van der Waals surface area contributed by atoms with Crippen LogP contribution in [0, 0.1) is 5.41 Å². The van der Waals surface area contributed by atoms with Crippen molar-refractivity contribution in [1.82, 2.24) is 10.1 Å². The van der Waals surface area contributed by atoms with E-state index in [-0.39, 0.29) is 5.41 Å². The molecule has 14 heavy (non-hydrogen) atoms. The molecule has 0 aliphatic carbocycles. The highest BCUT2D eigenvalue weighted by Crippen LogP contribution is 2.12. The summed E-state index contributed by atoms with van der Waals surface area (Å²) in [7, 11) is 0. The first-order chi connectivity index (χ1) is 6.50. The summed E-state index contributed by atoms with van der Waals surface area (Å²) >= 11 is 0. The normalized spacial score (nSPS) is 13.2. The second kappa shape index (κ2) is 4.21. The number of aliphatic imine (C=N–C) groups is 1. The summed E-state index contributed by atoms with van der Waals surface area (Å²) in [6.07, 6.45) is 2.02. The molecule has 0 aromatic carbocycles. The topological polar surface area (TPSA) is 77.3 Å². The van der Waals surface area contributed by atoms with Crippen molar-refractivity contribution >= 4 is 5.84 Å². The second-order valence-corrected chi connectivity index (χ2v) is 4.10. The van der Waals surface area contributed by atoms with Crippen molar-refractivity contribution in [2.75, 3.05) is 6.54 Å². The van der Waals surface area contributed by atoms with Crippen LogP contribution in [0.15, 0.2) is 15.8 Å². The molecular formula is C9H16N4O. The molecule has 5 nitrogen and oxygen atoms in total. The molecule has 0 aliphatic rings. The quantitative estimate of drug-likeness (QED) is 0.578. The van der Waals surface area contributed by atoms with Crippen molar-refractivity contribution in [2.45, 2.75) is 27.2 Å². The number of rotatable bonds is 3. The molecule has 0 amide bonds. The highest BCUT2D eigenvalue weighted by atomic mass is 16.5. The lowest BCUT2D eigenvalue weighted by molar-refractivity contribution is 0.378. The molecule has 0 bridgehead atoms. The monoisotopic (exact) mass is 196 g/mol. The molecule has 78 valence electrons. The lowest BCUT2D eigenvalue weighted by Crippen LogP contribution is -2.29. The van der Waals surface area contributed by atoms with E-state index in [1.165, 1.54) is 6.33 Å². The summed E-state index contributed by atoms with van der Waals surface area (Å²) in [6, 6.07) is 0. The first-order valence-corrected chi connectivity index (χ1v) is 4.56. The number of hydrogen-bond donors (Lipinski definition) is 1. The zero-order valence-electron chi connectivity index (χ0n) is 8.82. The Morgan fingerprint density at radius 3 is 2.79 bits per heavy atom. The standard InChI is InChI=1S/C9H16N4O/c1-9(2,3)8(10)11-5-4-7-12-6-13-14-7/h6H,4-5H2,1-3H3,(H2,10,11). The molecule has 2 N–H and O–H groups in total. The average Bonchev–Trinajstić information content (AvgIpc) is 2.55. The maximum absolute atomic E-state index is 5.77. The first kappa shape index (κ1) is 10.7. The largest absolute Gasteiger partial charge is 0.387 e. The third-order valence-corrected chi connectivity index (χ3v) is 1.78. The van der Waals surface area contributed by atoms with Gasteiger partial charge in [-0.25, -0.2) is 0 Å². The summed E-state index contributed by atoms with van der Waals surface area (Å²) < 4.78 is 4.83. The molecule has 1 rings (SSSR count). The Labute approximate surface area is 83.4 Å². The van der Waals surface area contributed by atoms with Gasteiger partial charge in [0.25, 0.3) is 0 Å². The Bertz CT molecular complexity index is 297. The van der Waals surface area contributed by atoms with Gasteiger partial charge in [0, 0.05) is 18.4 Å². The van der Waals surface area contributed by atoms with Crippen molar-refractivity contribution in [3.63, 3.8) is 0 Å². The highest BCUT2D eigenvalue weighted by molar-refractivity contribution is 5.85. The SMILES string of the molecule is CC(C)(C)C(N)=NCCc1ncno1. The molecule has 0 radical (unpaired) electrons. The minimum Gasteiger partial charge on any atom is -0.387 e. The lowest BCUT2D eigenvalue weighted by atomic mass is 9.95. The van der Waals surface area contributed by atoms with E-state index in [2.05, 4.69) is 15.1 Å². The van der Waals surface area contributed by atoms with E-state index in [4.69, 9.17) is 10.3 Å². The molecule has 0 unspecified atom stereocenters. The van der Waals surface area contributed by atoms with E-state index < -0.39 is 0 Å². The van der Waals surface area contributed by atoms with E-state index in [1.54, 1.807) is 0 Å². The molecule has 0 saturated heterocycles. The van der Waals surface area contributed by atoms with E-state index >= 15 is 0 Å². The number of aromatic nitrogens is 2. The maximum atomic E-state index is 5.77. The van der Waals surface area contributed by atoms with Crippen molar-refractivity contribution < 1.29 is 4.52 Å². The molecule has 0 saturated carbocycles. The van der Waals surface area contributed by atoms with Crippen LogP contribution in [0.25, 0.3) is 0 Å². The van der Waals surface area contributed by atoms with Crippen molar-refractivity contribution in [1.29, 1.82) is 0 Å². The fraction of sp³-hybridized carbons (Fsp3) is 0.667. The molecule has 0 aliphatic heterocycles. The Hall–Kier alpha value is -1.39. The zero-order chi connectivity index (χ0) is 10.6. The molecule has 1 heterocycles. The summed E-state index contributed by atoms with van der Waals surface area (Å²) in [5.41, 5.74) is 5.70. The van der Waals surface area contributed by atoms with E-state index in [9.17, 15) is 0 Å². The van der Waals surface area contributed by atoms with Crippen molar-refractivity contribution in [3.8, 4) is 0 Å². The van der Waals surface area contributed by atoms with Crippen LogP contribution in [0.4, 0.5) is 0 Å². The van der Waals surface area contributed by atoms with Gasteiger partial charge in [0.15, 0.2) is 6.33 Å². The number of hydrogen-bond acceptors (Lipinski definition) is 4. The van der Waals surface area contributed by atoms with Crippen LogP contribution in [-0.2, 0) is 6.42 Å². The van der Waals surface area contributed by atoms with Crippen LogP contribution in [0.2, 0.25) is 0 Å². The van der Waals surface area contributed by atoms with Gasteiger partial charge >= 0.3 is 0 Å². The summed E-state index contributed by atoms with van der Waals surface area (Å²) in [4.78, 5) is 8.12. The van der Waals surface area contributed by atoms with Gasteiger partial charge in [0.1, 0.15) is 0 Å². The van der Waals surface area contributed by atoms with Gasteiger partial charge in [-0.15, -0.1) is 0 Å². The number of nitrogens with zero attached hydrogens (tertiary/aromatic N) is 3. The number of amidine groups is 1. The third-order valence-electron chi connectivity index (χ3n) is 1.78. The third kappa shape index (κ3) is 3.16. The van der Waals surface area contributed by atoms with Crippen LogP contribution in [-0.4, -0.2) is 22.5 Å². The smallest absolute Gasteiger partial charge is 0.228 e. The minimum absolute atomic E-state index is 0.0746. The van der Waals surface area contributed by atoms with E-state index in [0.717, 1.165) is 0 Å². The van der Waals surface area contributed by atoms with Crippen LogP contribution in [0.5, 0.6) is 0 Å². The minimum atomic E-state index is -0.0746. The van der Waals surface area contributed by atoms with E-state index in [1.807, 2.05) is 20.8 Å². The lowest BCUT2D eigenvalue weighted by Gasteiger charge is -2.16. The molecule has 0 fully saturated rings. The van der Waals surface area contributed by atoms with Gasteiger partial charge < -0.3 is 10.3 Å². The van der Waals surface area contributed by atoms with Crippen molar-refractivity contribution in [2.24, 2.45) is 16.1 Å². The van der Waals surface area contributed by atoms with Crippen LogP contribution >= 0.6 is 0 Å². The van der Waals surface area contributed by atoms with Crippen LogP contribution in [0.1, 0.15) is 26.7 Å². The molecule has 0 spiro atoms. The first-order valence-electron chi connectivity index (χ1n) is 4.56. The van der Waals surface area contributed by atoms with Gasteiger partial charge in [0.05, 0.1) is 5.84 Å².